The third-order valence-corrected chi connectivity index (χ3v) is 2.30. The average molecular weight is 243 g/mol. The van der Waals surface area contributed by atoms with Crippen molar-refractivity contribution in [1.82, 2.24) is 5.32 Å². The number of rotatable bonds is 9. The molecule has 0 aromatic carbocycles. The Morgan fingerprint density at radius 2 is 1.76 bits per heavy atom. The van der Waals surface area contributed by atoms with Gasteiger partial charge in [0, 0.05) is 25.3 Å². The van der Waals surface area contributed by atoms with Gasteiger partial charge in [0.15, 0.2) is 0 Å². The van der Waals surface area contributed by atoms with Crippen LogP contribution in [0.5, 0.6) is 0 Å². The van der Waals surface area contributed by atoms with Crippen molar-refractivity contribution < 1.29 is 14.3 Å². The van der Waals surface area contributed by atoms with Crippen molar-refractivity contribution in [2.45, 2.75) is 40.5 Å². The van der Waals surface area contributed by atoms with Gasteiger partial charge < -0.3 is 10.1 Å². The molecule has 100 valence electrons. The third kappa shape index (κ3) is 10.00. The van der Waals surface area contributed by atoms with E-state index < -0.39 is 0 Å². The quantitative estimate of drug-likeness (QED) is 0.628. The summed E-state index contributed by atoms with van der Waals surface area (Å²) < 4.78 is 5.27. The molecule has 0 aliphatic rings. The highest BCUT2D eigenvalue weighted by Gasteiger charge is 2.06. The maximum Gasteiger partial charge on any atom is 0.220 e. The number of carbonyl (C=O) groups is 2. The molecule has 0 saturated carbocycles. The molecule has 0 rings (SSSR count). The molecule has 0 aliphatic heterocycles. The predicted molar refractivity (Wildman–Crippen MR) is 67.7 cm³/mol. The molecule has 4 heteroatoms. The minimum atomic E-state index is 0.0573. The predicted octanol–water partition coefficient (Wildman–Crippen LogP) is 1.78. The number of ether oxygens (including phenoxy) is 1. The molecule has 0 spiro atoms. The van der Waals surface area contributed by atoms with Gasteiger partial charge in [0.25, 0.3) is 0 Å². The van der Waals surface area contributed by atoms with Gasteiger partial charge in [0.2, 0.25) is 5.91 Å². The van der Waals surface area contributed by atoms with E-state index >= 15 is 0 Å². The van der Waals surface area contributed by atoms with Crippen LogP contribution in [0.15, 0.2) is 0 Å². The van der Waals surface area contributed by atoms with Gasteiger partial charge in [-0.05, 0) is 5.92 Å². The van der Waals surface area contributed by atoms with E-state index in [-0.39, 0.29) is 17.6 Å². The fraction of sp³-hybridized carbons (Fsp3) is 0.846. The lowest BCUT2D eigenvalue weighted by atomic mass is 10.1. The van der Waals surface area contributed by atoms with Gasteiger partial charge in [-0.3, -0.25) is 9.59 Å². The summed E-state index contributed by atoms with van der Waals surface area (Å²) in [5, 5.41) is 2.78. The Morgan fingerprint density at radius 3 is 2.29 bits per heavy atom. The topological polar surface area (TPSA) is 55.4 Å². The van der Waals surface area contributed by atoms with Gasteiger partial charge in [0.1, 0.15) is 5.78 Å². The Kier molecular flexibility index (Phi) is 8.68. The Bertz CT molecular complexity index is 237. The summed E-state index contributed by atoms with van der Waals surface area (Å²) in [6.45, 7) is 9.21. The number of nitrogens with one attached hydrogen (secondary N) is 1. The minimum absolute atomic E-state index is 0.0573. The molecule has 1 N–H and O–H groups in total. The Morgan fingerprint density at radius 1 is 1.12 bits per heavy atom. The molecular formula is C13H25NO3. The van der Waals surface area contributed by atoms with Crippen molar-refractivity contribution in [3.63, 3.8) is 0 Å². The summed E-state index contributed by atoms with van der Waals surface area (Å²) in [6.07, 6.45) is 1.00. The number of Topliss-reactive ketones (excluding diaryl/α,β-unsaturated/α-hetero) is 1. The van der Waals surface area contributed by atoms with E-state index in [1.54, 1.807) is 0 Å². The number of carbonyl (C=O) groups excluding carboxylic acids is 2. The van der Waals surface area contributed by atoms with Crippen molar-refractivity contribution in [3.8, 4) is 0 Å². The van der Waals surface area contributed by atoms with Crippen LogP contribution in [0.1, 0.15) is 40.5 Å². The number of amides is 1. The molecule has 0 fully saturated rings. The van der Waals surface area contributed by atoms with E-state index in [1.807, 2.05) is 27.7 Å². The molecule has 0 aromatic heterocycles. The first kappa shape index (κ1) is 16.1. The zero-order valence-electron chi connectivity index (χ0n) is 11.4. The van der Waals surface area contributed by atoms with Crippen LogP contribution in [0.25, 0.3) is 0 Å². The number of hydrogen-bond donors (Lipinski definition) is 1. The van der Waals surface area contributed by atoms with Crippen molar-refractivity contribution in [2.75, 3.05) is 19.8 Å². The third-order valence-electron chi connectivity index (χ3n) is 2.30. The van der Waals surface area contributed by atoms with Gasteiger partial charge >= 0.3 is 0 Å². The van der Waals surface area contributed by atoms with Crippen molar-refractivity contribution in [3.05, 3.63) is 0 Å². The summed E-state index contributed by atoms with van der Waals surface area (Å²) in [7, 11) is 0. The van der Waals surface area contributed by atoms with Crippen LogP contribution in [0, 0.1) is 11.8 Å². The lowest BCUT2D eigenvalue weighted by Gasteiger charge is -2.08. The van der Waals surface area contributed by atoms with Gasteiger partial charge in [0.05, 0.1) is 13.2 Å². The highest BCUT2D eigenvalue weighted by atomic mass is 16.5. The summed E-state index contributed by atoms with van der Waals surface area (Å²) in [5.41, 5.74) is 0. The first-order valence-corrected chi connectivity index (χ1v) is 6.30. The Labute approximate surface area is 104 Å². The maximum atomic E-state index is 11.3. The largest absolute Gasteiger partial charge is 0.379 e. The van der Waals surface area contributed by atoms with Crippen LogP contribution < -0.4 is 5.32 Å². The Hall–Kier alpha value is -0.900. The summed E-state index contributed by atoms with van der Waals surface area (Å²) in [4.78, 5) is 22.5. The highest BCUT2D eigenvalue weighted by Crippen LogP contribution is 1.99. The van der Waals surface area contributed by atoms with E-state index in [0.29, 0.717) is 38.5 Å². The molecule has 0 aliphatic carbocycles. The van der Waals surface area contributed by atoms with E-state index in [0.717, 1.165) is 0 Å². The number of ketones is 1. The summed E-state index contributed by atoms with van der Waals surface area (Å²) in [6, 6.07) is 0. The van der Waals surface area contributed by atoms with Crippen LogP contribution in [0.3, 0.4) is 0 Å². The second-order valence-electron chi connectivity index (χ2n) is 4.93. The van der Waals surface area contributed by atoms with E-state index in [2.05, 4.69) is 5.32 Å². The van der Waals surface area contributed by atoms with Crippen LogP contribution in [0.2, 0.25) is 0 Å². The second-order valence-corrected chi connectivity index (χ2v) is 4.93. The number of hydrogen-bond acceptors (Lipinski definition) is 3. The lowest BCUT2D eigenvalue weighted by molar-refractivity contribution is -0.124. The van der Waals surface area contributed by atoms with E-state index in [9.17, 15) is 9.59 Å². The van der Waals surface area contributed by atoms with Crippen LogP contribution in [-0.2, 0) is 14.3 Å². The average Bonchev–Trinajstić information content (AvgIpc) is 2.21. The van der Waals surface area contributed by atoms with Crippen LogP contribution in [0.4, 0.5) is 0 Å². The first-order valence-electron chi connectivity index (χ1n) is 6.30. The molecule has 0 heterocycles. The molecule has 0 saturated heterocycles. The van der Waals surface area contributed by atoms with Crippen molar-refractivity contribution in [2.24, 2.45) is 11.8 Å². The van der Waals surface area contributed by atoms with E-state index in [1.165, 1.54) is 0 Å². The monoisotopic (exact) mass is 243 g/mol. The molecular weight excluding hydrogens is 218 g/mol. The standard InChI is InChI=1S/C13H25NO3/c1-10(2)9-13(16)14-6-8-17-7-5-12(15)11(3)4/h10-11H,5-9H2,1-4H3,(H,14,16). The highest BCUT2D eigenvalue weighted by molar-refractivity contribution is 5.80. The smallest absolute Gasteiger partial charge is 0.220 e. The van der Waals surface area contributed by atoms with Gasteiger partial charge in [-0.2, -0.15) is 0 Å². The van der Waals surface area contributed by atoms with E-state index in [4.69, 9.17) is 4.74 Å². The summed E-state index contributed by atoms with van der Waals surface area (Å²) in [5.74, 6) is 0.722. The molecule has 0 bridgehead atoms. The molecule has 0 unspecified atom stereocenters. The molecule has 4 nitrogen and oxygen atoms in total. The fourth-order valence-corrected chi connectivity index (χ4v) is 1.27. The summed E-state index contributed by atoms with van der Waals surface area (Å²) >= 11 is 0. The zero-order chi connectivity index (χ0) is 13.3. The normalized spacial score (nSPS) is 10.9. The maximum absolute atomic E-state index is 11.3. The molecule has 17 heavy (non-hydrogen) atoms. The Balaban J connectivity index is 3.35. The van der Waals surface area contributed by atoms with Gasteiger partial charge in [-0.15, -0.1) is 0 Å². The molecule has 0 aromatic rings. The van der Waals surface area contributed by atoms with Crippen LogP contribution in [-0.4, -0.2) is 31.4 Å². The zero-order valence-corrected chi connectivity index (χ0v) is 11.4. The fourth-order valence-electron chi connectivity index (χ4n) is 1.27. The van der Waals surface area contributed by atoms with Gasteiger partial charge in [-0.25, -0.2) is 0 Å². The lowest BCUT2D eigenvalue weighted by Crippen LogP contribution is -2.28. The molecule has 1 amide bonds. The minimum Gasteiger partial charge on any atom is -0.379 e. The van der Waals surface area contributed by atoms with Crippen molar-refractivity contribution >= 4 is 11.7 Å². The van der Waals surface area contributed by atoms with Crippen molar-refractivity contribution in [1.29, 1.82) is 0 Å². The first-order chi connectivity index (χ1) is 7.93. The SMILES string of the molecule is CC(C)CC(=O)NCCOCCC(=O)C(C)C. The molecule has 0 atom stereocenters. The van der Waals surface area contributed by atoms with Crippen LogP contribution >= 0.6 is 0 Å². The second kappa shape index (κ2) is 9.16. The molecule has 0 radical (unpaired) electrons. The van der Waals surface area contributed by atoms with Gasteiger partial charge in [-0.1, -0.05) is 27.7 Å².